The zero-order valence-corrected chi connectivity index (χ0v) is 17.5. The Labute approximate surface area is 179 Å². The molecule has 3 rings (SSSR count). The number of esters is 1. The van der Waals surface area contributed by atoms with Crippen molar-refractivity contribution < 1.29 is 19.1 Å². The number of hydrogen-bond donors (Lipinski definition) is 1. The number of anilines is 2. The van der Waals surface area contributed by atoms with Crippen molar-refractivity contribution in [2.75, 3.05) is 50.5 Å². The Bertz CT molecular complexity index is 1010. The highest BCUT2D eigenvalue weighted by Gasteiger charge is 2.28. The van der Waals surface area contributed by atoms with Crippen molar-refractivity contribution in [3.63, 3.8) is 0 Å². The van der Waals surface area contributed by atoms with Gasteiger partial charge in [-0.15, -0.1) is 0 Å². The summed E-state index contributed by atoms with van der Waals surface area (Å²) < 4.78 is 11.5. The number of nitrogens with zero attached hydrogens (tertiary/aromatic N) is 4. The molecular formula is C20H22ClN5O4. The third-order valence-corrected chi connectivity index (χ3v) is 5.20. The summed E-state index contributed by atoms with van der Waals surface area (Å²) in [6, 6.07) is 7.27. The van der Waals surface area contributed by atoms with Gasteiger partial charge in [-0.1, -0.05) is 17.7 Å². The predicted octanol–water partition coefficient (Wildman–Crippen LogP) is 2.65. The van der Waals surface area contributed by atoms with Gasteiger partial charge in [0.05, 0.1) is 41.4 Å². The maximum Gasteiger partial charge on any atom is 0.409 e. The number of aromatic nitrogens is 1. The fourth-order valence-electron chi connectivity index (χ4n) is 3.44. The quantitative estimate of drug-likeness (QED) is 0.740. The summed E-state index contributed by atoms with van der Waals surface area (Å²) >= 11 is 6.53. The van der Waals surface area contributed by atoms with Crippen molar-refractivity contribution in [1.29, 1.82) is 5.26 Å². The second-order valence-electron chi connectivity index (χ2n) is 6.56. The monoisotopic (exact) mass is 431 g/mol. The number of nitrogens with two attached hydrogens (primary N) is 1. The van der Waals surface area contributed by atoms with Gasteiger partial charge in [-0.25, -0.2) is 9.59 Å². The number of nitriles is 1. The van der Waals surface area contributed by atoms with E-state index in [2.05, 4.69) is 0 Å². The third-order valence-electron chi connectivity index (χ3n) is 4.89. The zero-order chi connectivity index (χ0) is 21.8. The Kier molecular flexibility index (Phi) is 6.37. The molecule has 0 atom stereocenters. The Morgan fingerprint density at radius 1 is 1.27 bits per heavy atom. The van der Waals surface area contributed by atoms with Crippen LogP contribution < -0.4 is 10.6 Å². The summed E-state index contributed by atoms with van der Waals surface area (Å²) in [5.41, 5.74) is 7.55. The average Bonchev–Trinajstić information content (AvgIpc) is 3.09. The Morgan fingerprint density at radius 2 is 1.97 bits per heavy atom. The van der Waals surface area contributed by atoms with E-state index in [0.29, 0.717) is 49.2 Å². The number of benzene rings is 1. The highest BCUT2D eigenvalue weighted by atomic mass is 35.5. The standard InChI is InChI=1S/C20H22ClN5O4/c1-3-30-20(28)25-9-7-24(8-10-25)17-14(21)5-4-6-15(17)26-12-13(11-22)16(23)18(26)19(27)29-2/h4-6,12H,3,7-10,23H2,1-2H3. The van der Waals surface area contributed by atoms with Gasteiger partial charge in [0, 0.05) is 32.4 Å². The summed E-state index contributed by atoms with van der Waals surface area (Å²) in [7, 11) is 1.25. The number of carbonyl (C=O) groups is 2. The molecule has 158 valence electrons. The molecule has 0 radical (unpaired) electrons. The van der Waals surface area contributed by atoms with E-state index < -0.39 is 5.97 Å². The van der Waals surface area contributed by atoms with Gasteiger partial charge < -0.3 is 29.6 Å². The zero-order valence-electron chi connectivity index (χ0n) is 16.7. The number of carbonyl (C=O) groups excluding carboxylic acids is 2. The SMILES string of the molecule is CCOC(=O)N1CCN(c2c(Cl)cccc2-n2cc(C#N)c(N)c2C(=O)OC)CC1. The van der Waals surface area contributed by atoms with Crippen molar-refractivity contribution in [3.8, 4) is 11.8 Å². The molecule has 2 heterocycles. The number of ether oxygens (including phenoxy) is 2. The Morgan fingerprint density at radius 3 is 2.57 bits per heavy atom. The first-order valence-electron chi connectivity index (χ1n) is 9.37. The van der Waals surface area contributed by atoms with E-state index in [4.69, 9.17) is 26.8 Å². The molecule has 1 aliphatic heterocycles. The first-order valence-corrected chi connectivity index (χ1v) is 9.75. The van der Waals surface area contributed by atoms with Crippen molar-refractivity contribution in [1.82, 2.24) is 9.47 Å². The Balaban J connectivity index is 2.01. The maximum absolute atomic E-state index is 12.4. The van der Waals surface area contributed by atoms with Crippen LogP contribution in [0.2, 0.25) is 5.02 Å². The maximum atomic E-state index is 12.4. The lowest BCUT2D eigenvalue weighted by molar-refractivity contribution is 0.0593. The van der Waals surface area contributed by atoms with Crippen LogP contribution in [-0.4, -0.2) is 61.4 Å². The molecule has 0 saturated carbocycles. The molecule has 30 heavy (non-hydrogen) atoms. The van der Waals surface area contributed by atoms with Crippen LogP contribution in [-0.2, 0) is 9.47 Å². The highest BCUT2D eigenvalue weighted by molar-refractivity contribution is 6.33. The first kappa shape index (κ1) is 21.3. The molecular weight excluding hydrogens is 410 g/mol. The van der Waals surface area contributed by atoms with Crippen molar-refractivity contribution in [2.24, 2.45) is 0 Å². The summed E-state index contributed by atoms with van der Waals surface area (Å²) in [6.45, 7) is 4.05. The molecule has 1 saturated heterocycles. The van der Waals surface area contributed by atoms with Crippen LogP contribution in [0, 0.1) is 11.3 Å². The first-order chi connectivity index (χ1) is 14.4. The van der Waals surface area contributed by atoms with E-state index in [-0.39, 0.29) is 23.0 Å². The van der Waals surface area contributed by atoms with Crippen LogP contribution in [0.3, 0.4) is 0 Å². The van der Waals surface area contributed by atoms with Crippen LogP contribution in [0.25, 0.3) is 5.69 Å². The fraction of sp³-hybridized carbons (Fsp3) is 0.350. The minimum atomic E-state index is -0.660. The second-order valence-corrected chi connectivity index (χ2v) is 6.97. The van der Waals surface area contributed by atoms with Crippen LogP contribution in [0.5, 0.6) is 0 Å². The molecule has 10 heteroatoms. The molecule has 0 aliphatic carbocycles. The number of halogens is 1. The van der Waals surface area contributed by atoms with Crippen LogP contribution in [0.4, 0.5) is 16.2 Å². The van der Waals surface area contributed by atoms with E-state index in [1.807, 2.05) is 11.0 Å². The number of amides is 1. The molecule has 0 spiro atoms. The van der Waals surface area contributed by atoms with Gasteiger partial charge in [0.25, 0.3) is 0 Å². The van der Waals surface area contributed by atoms with Gasteiger partial charge in [0.15, 0.2) is 5.69 Å². The third kappa shape index (κ3) is 3.86. The van der Waals surface area contributed by atoms with Crippen molar-refractivity contribution in [3.05, 3.63) is 40.7 Å². The van der Waals surface area contributed by atoms with E-state index >= 15 is 0 Å². The smallest absolute Gasteiger partial charge is 0.409 e. The topological polar surface area (TPSA) is 114 Å². The van der Waals surface area contributed by atoms with Gasteiger partial charge in [0.1, 0.15) is 6.07 Å². The minimum absolute atomic E-state index is 0.0439. The van der Waals surface area contributed by atoms with Crippen LogP contribution in [0.1, 0.15) is 23.0 Å². The molecule has 1 fully saturated rings. The van der Waals surface area contributed by atoms with E-state index in [1.165, 1.54) is 17.9 Å². The minimum Gasteiger partial charge on any atom is -0.464 e. The molecule has 9 nitrogen and oxygen atoms in total. The van der Waals surface area contributed by atoms with Crippen molar-refractivity contribution in [2.45, 2.75) is 6.92 Å². The van der Waals surface area contributed by atoms with Crippen LogP contribution in [0.15, 0.2) is 24.4 Å². The lowest BCUT2D eigenvalue weighted by Gasteiger charge is -2.36. The molecule has 1 aromatic heterocycles. The van der Waals surface area contributed by atoms with Gasteiger partial charge in [-0.2, -0.15) is 5.26 Å². The number of hydrogen-bond acceptors (Lipinski definition) is 7. The fourth-order valence-corrected chi connectivity index (χ4v) is 3.73. The van der Waals surface area contributed by atoms with Gasteiger partial charge in [-0.05, 0) is 19.1 Å². The molecule has 1 aliphatic rings. The van der Waals surface area contributed by atoms with Crippen molar-refractivity contribution >= 4 is 35.0 Å². The highest BCUT2D eigenvalue weighted by Crippen LogP contribution is 2.36. The summed E-state index contributed by atoms with van der Waals surface area (Å²) in [6.07, 6.45) is 1.15. The van der Waals surface area contributed by atoms with E-state index in [9.17, 15) is 14.9 Å². The number of piperazine rings is 1. The van der Waals surface area contributed by atoms with E-state index in [1.54, 1.807) is 30.0 Å². The summed E-state index contributed by atoms with van der Waals surface area (Å²) in [5.74, 6) is -0.660. The largest absolute Gasteiger partial charge is 0.464 e. The number of methoxy groups -OCH3 is 1. The summed E-state index contributed by atoms with van der Waals surface area (Å²) in [5, 5.41) is 9.84. The van der Waals surface area contributed by atoms with E-state index in [0.717, 1.165) is 0 Å². The number of rotatable bonds is 4. The average molecular weight is 432 g/mol. The summed E-state index contributed by atoms with van der Waals surface area (Å²) in [4.78, 5) is 28.0. The number of nitrogen functional groups attached to an aromatic ring is 1. The van der Waals surface area contributed by atoms with Gasteiger partial charge in [-0.3, -0.25) is 0 Å². The molecule has 2 aromatic rings. The Hall–Kier alpha value is -3.38. The molecule has 0 unspecified atom stereocenters. The molecule has 2 N–H and O–H groups in total. The number of para-hydroxylation sites is 1. The van der Waals surface area contributed by atoms with Gasteiger partial charge >= 0.3 is 12.1 Å². The molecule has 0 bridgehead atoms. The molecule has 1 amide bonds. The van der Waals surface area contributed by atoms with Crippen LogP contribution >= 0.6 is 11.6 Å². The second kappa shape index (κ2) is 8.97. The predicted molar refractivity (Wildman–Crippen MR) is 112 cm³/mol. The van der Waals surface area contributed by atoms with Gasteiger partial charge in [0.2, 0.25) is 0 Å². The molecule has 1 aromatic carbocycles. The normalized spacial score (nSPS) is 13.7. The lowest BCUT2D eigenvalue weighted by Crippen LogP contribution is -2.49. The lowest BCUT2D eigenvalue weighted by atomic mass is 10.2.